The highest BCUT2D eigenvalue weighted by molar-refractivity contribution is 6.06. The molecule has 0 aromatic heterocycles. The summed E-state index contributed by atoms with van der Waals surface area (Å²) in [5.41, 5.74) is 0.544. The van der Waals surface area contributed by atoms with Crippen LogP contribution in [-0.4, -0.2) is 28.1 Å². The summed E-state index contributed by atoms with van der Waals surface area (Å²) in [5, 5.41) is 19.6. The molecule has 1 aliphatic heterocycles. The van der Waals surface area contributed by atoms with Gasteiger partial charge in [0.1, 0.15) is 22.8 Å². The maximum atomic E-state index is 12.8. The van der Waals surface area contributed by atoms with Gasteiger partial charge in [0.15, 0.2) is 6.10 Å². The summed E-state index contributed by atoms with van der Waals surface area (Å²) in [5.74, 6) is -1.70. The zero-order valence-corrected chi connectivity index (χ0v) is 12.9. The van der Waals surface area contributed by atoms with Gasteiger partial charge in [-0.15, -0.1) is 0 Å². The second kappa shape index (κ2) is 6.23. The largest absolute Gasteiger partial charge is 0.508 e. The minimum absolute atomic E-state index is 0.0511. The number of hydrogen-bond acceptors (Lipinski definition) is 6. The minimum atomic E-state index is -1.21. The molecule has 2 N–H and O–H groups in total. The number of phenolic OH excluding ortho intramolecular Hbond substituents is 2. The standard InChI is InChI=1S/C18H16O6/c1-2-14(21)24-18-16(22)15-12(20)8-11(19)9-13(15)23-17(18)10-6-4-3-5-7-10/h3-9,17-20H,2H2,1H3/t17-,18-/m1/s1. The van der Waals surface area contributed by atoms with E-state index >= 15 is 0 Å². The normalized spacial score (nSPS) is 19.3. The first-order valence-corrected chi connectivity index (χ1v) is 7.52. The van der Waals surface area contributed by atoms with E-state index in [0.29, 0.717) is 5.56 Å². The van der Waals surface area contributed by atoms with Crippen LogP contribution in [0.2, 0.25) is 0 Å². The predicted octanol–water partition coefficient (Wildman–Crippen LogP) is 2.74. The molecule has 0 fully saturated rings. The Hall–Kier alpha value is -3.02. The third-order valence-corrected chi connectivity index (χ3v) is 3.78. The summed E-state index contributed by atoms with van der Waals surface area (Å²) in [4.78, 5) is 24.5. The van der Waals surface area contributed by atoms with Crippen molar-refractivity contribution < 1.29 is 29.3 Å². The van der Waals surface area contributed by atoms with Crippen molar-refractivity contribution in [2.75, 3.05) is 0 Å². The van der Waals surface area contributed by atoms with Gasteiger partial charge in [-0.25, -0.2) is 0 Å². The van der Waals surface area contributed by atoms with Gasteiger partial charge >= 0.3 is 5.97 Å². The summed E-state index contributed by atoms with van der Waals surface area (Å²) in [6.07, 6.45) is -1.95. The van der Waals surface area contributed by atoms with E-state index in [2.05, 4.69) is 0 Å². The van der Waals surface area contributed by atoms with Crippen molar-refractivity contribution in [2.24, 2.45) is 0 Å². The number of rotatable bonds is 3. The third kappa shape index (κ3) is 2.78. The van der Waals surface area contributed by atoms with E-state index in [1.807, 2.05) is 6.07 Å². The molecule has 0 unspecified atom stereocenters. The molecular weight excluding hydrogens is 312 g/mol. The smallest absolute Gasteiger partial charge is 0.306 e. The van der Waals surface area contributed by atoms with Crippen LogP contribution in [0.3, 0.4) is 0 Å². The molecule has 0 saturated carbocycles. The van der Waals surface area contributed by atoms with E-state index in [9.17, 15) is 19.8 Å². The first-order valence-electron chi connectivity index (χ1n) is 7.52. The van der Waals surface area contributed by atoms with Crippen LogP contribution in [0.25, 0.3) is 0 Å². The second-order valence-electron chi connectivity index (χ2n) is 5.42. The van der Waals surface area contributed by atoms with Gasteiger partial charge in [0.25, 0.3) is 0 Å². The Bertz CT molecular complexity index is 784. The number of ketones is 1. The number of phenols is 2. The molecule has 6 heteroatoms. The predicted molar refractivity (Wildman–Crippen MR) is 84.1 cm³/mol. The van der Waals surface area contributed by atoms with Crippen LogP contribution in [0.15, 0.2) is 42.5 Å². The van der Waals surface area contributed by atoms with Crippen LogP contribution in [0.5, 0.6) is 17.2 Å². The molecule has 0 bridgehead atoms. The maximum Gasteiger partial charge on any atom is 0.306 e. The Morgan fingerprint density at radius 2 is 1.92 bits per heavy atom. The number of benzene rings is 2. The van der Waals surface area contributed by atoms with E-state index < -0.39 is 29.7 Å². The average Bonchev–Trinajstić information content (AvgIpc) is 2.57. The number of esters is 1. The van der Waals surface area contributed by atoms with Crippen LogP contribution in [0, 0.1) is 0 Å². The van der Waals surface area contributed by atoms with Gasteiger partial charge in [0.05, 0.1) is 0 Å². The molecular formula is C18H16O6. The number of carbonyl (C=O) groups is 2. The van der Waals surface area contributed by atoms with Crippen LogP contribution in [0.1, 0.15) is 35.4 Å². The van der Waals surface area contributed by atoms with Crippen LogP contribution < -0.4 is 4.74 Å². The van der Waals surface area contributed by atoms with Crippen molar-refractivity contribution in [3.63, 3.8) is 0 Å². The average molecular weight is 328 g/mol. The lowest BCUT2D eigenvalue weighted by Crippen LogP contribution is -2.39. The zero-order valence-electron chi connectivity index (χ0n) is 12.9. The van der Waals surface area contributed by atoms with E-state index in [0.717, 1.165) is 6.07 Å². The van der Waals surface area contributed by atoms with Gasteiger partial charge in [-0.05, 0) is 5.56 Å². The molecule has 2 aromatic carbocycles. The van der Waals surface area contributed by atoms with Gasteiger partial charge in [0.2, 0.25) is 11.9 Å². The first-order chi connectivity index (χ1) is 11.5. The molecule has 0 amide bonds. The van der Waals surface area contributed by atoms with Gasteiger partial charge < -0.3 is 19.7 Å². The van der Waals surface area contributed by atoms with Crippen molar-refractivity contribution >= 4 is 11.8 Å². The molecule has 0 radical (unpaired) electrons. The molecule has 0 spiro atoms. The van der Waals surface area contributed by atoms with Crippen LogP contribution >= 0.6 is 0 Å². The van der Waals surface area contributed by atoms with Gasteiger partial charge in [-0.2, -0.15) is 0 Å². The topological polar surface area (TPSA) is 93.1 Å². The molecule has 2 atom stereocenters. The Labute approximate surface area is 138 Å². The molecule has 124 valence electrons. The Morgan fingerprint density at radius 1 is 1.21 bits per heavy atom. The number of ether oxygens (including phenoxy) is 2. The summed E-state index contributed by atoms with van der Waals surface area (Å²) < 4.78 is 11.1. The van der Waals surface area contributed by atoms with E-state index in [1.54, 1.807) is 31.2 Å². The van der Waals surface area contributed by atoms with E-state index in [1.165, 1.54) is 6.07 Å². The van der Waals surface area contributed by atoms with E-state index in [4.69, 9.17) is 9.47 Å². The van der Waals surface area contributed by atoms with E-state index in [-0.39, 0.29) is 23.5 Å². The van der Waals surface area contributed by atoms with Crippen molar-refractivity contribution in [3.05, 3.63) is 53.6 Å². The fraction of sp³-hybridized carbons (Fsp3) is 0.222. The van der Waals surface area contributed by atoms with Gasteiger partial charge in [-0.3, -0.25) is 9.59 Å². The van der Waals surface area contributed by atoms with Crippen LogP contribution in [0.4, 0.5) is 0 Å². The summed E-state index contributed by atoms with van der Waals surface area (Å²) in [6, 6.07) is 11.2. The monoisotopic (exact) mass is 328 g/mol. The quantitative estimate of drug-likeness (QED) is 0.842. The highest BCUT2D eigenvalue weighted by Gasteiger charge is 2.42. The molecule has 1 aliphatic rings. The highest BCUT2D eigenvalue weighted by atomic mass is 16.6. The fourth-order valence-electron chi connectivity index (χ4n) is 2.63. The number of Topliss-reactive ketones (excluding diaryl/α,β-unsaturated/α-hetero) is 1. The molecule has 3 rings (SSSR count). The fourth-order valence-corrected chi connectivity index (χ4v) is 2.63. The molecule has 0 aliphatic carbocycles. The lowest BCUT2D eigenvalue weighted by atomic mass is 9.92. The minimum Gasteiger partial charge on any atom is -0.508 e. The van der Waals surface area contributed by atoms with Crippen molar-refractivity contribution in [1.82, 2.24) is 0 Å². The number of fused-ring (bicyclic) bond motifs is 1. The number of carbonyl (C=O) groups excluding carboxylic acids is 2. The number of hydrogen-bond donors (Lipinski definition) is 2. The Balaban J connectivity index is 2.09. The molecule has 1 heterocycles. The first kappa shape index (κ1) is 15.9. The lowest BCUT2D eigenvalue weighted by molar-refractivity contribution is -0.151. The lowest BCUT2D eigenvalue weighted by Gasteiger charge is -2.32. The summed E-state index contributed by atoms with van der Waals surface area (Å²) in [6.45, 7) is 1.62. The zero-order chi connectivity index (χ0) is 17.3. The molecule has 0 saturated heterocycles. The van der Waals surface area contributed by atoms with Crippen molar-refractivity contribution in [3.8, 4) is 17.2 Å². The summed E-state index contributed by atoms with van der Waals surface area (Å²) >= 11 is 0. The summed E-state index contributed by atoms with van der Waals surface area (Å²) in [7, 11) is 0. The maximum absolute atomic E-state index is 12.8. The van der Waals surface area contributed by atoms with Crippen molar-refractivity contribution in [1.29, 1.82) is 0 Å². The van der Waals surface area contributed by atoms with Gasteiger partial charge in [0, 0.05) is 18.6 Å². The Kier molecular flexibility index (Phi) is 4.12. The van der Waals surface area contributed by atoms with Crippen LogP contribution in [-0.2, 0) is 9.53 Å². The Morgan fingerprint density at radius 3 is 2.58 bits per heavy atom. The second-order valence-corrected chi connectivity index (χ2v) is 5.42. The third-order valence-electron chi connectivity index (χ3n) is 3.78. The molecule has 24 heavy (non-hydrogen) atoms. The molecule has 6 nitrogen and oxygen atoms in total. The molecule has 2 aromatic rings. The van der Waals surface area contributed by atoms with Crippen molar-refractivity contribution in [2.45, 2.75) is 25.6 Å². The number of aromatic hydroxyl groups is 2. The SMILES string of the molecule is CCC(=O)O[C@@H]1C(=O)c2c(O)cc(O)cc2O[C@@H]1c1ccccc1. The van der Waals surface area contributed by atoms with Gasteiger partial charge in [-0.1, -0.05) is 37.3 Å². The highest BCUT2D eigenvalue weighted by Crippen LogP contribution is 2.42.